The third-order valence-corrected chi connectivity index (χ3v) is 5.11. The van der Waals surface area contributed by atoms with Crippen LogP contribution in [0.3, 0.4) is 0 Å². The summed E-state index contributed by atoms with van der Waals surface area (Å²) in [6.45, 7) is 5.33. The number of hydrogen-bond donors (Lipinski definition) is 2. The zero-order valence-electron chi connectivity index (χ0n) is 14.7. The summed E-state index contributed by atoms with van der Waals surface area (Å²) in [7, 11) is -3.63. The van der Waals surface area contributed by atoms with Crippen molar-refractivity contribution in [2.24, 2.45) is 0 Å². The molecule has 5 nitrogen and oxygen atoms in total. The van der Waals surface area contributed by atoms with E-state index in [1.807, 2.05) is 30.3 Å². The molecule has 0 aromatic heterocycles. The highest BCUT2D eigenvalue weighted by molar-refractivity contribution is 7.89. The molecule has 134 valence electrons. The quantitative estimate of drug-likeness (QED) is 0.830. The normalized spacial score (nSPS) is 12.0. The van der Waals surface area contributed by atoms with Gasteiger partial charge in [-0.1, -0.05) is 36.4 Å². The van der Waals surface area contributed by atoms with Crippen LogP contribution in [0.2, 0.25) is 0 Å². The van der Waals surface area contributed by atoms with Gasteiger partial charge >= 0.3 is 0 Å². The third-order valence-electron chi connectivity index (χ3n) is 3.35. The zero-order chi connectivity index (χ0) is 18.5. The van der Waals surface area contributed by atoms with Gasteiger partial charge in [-0.2, -0.15) is 0 Å². The summed E-state index contributed by atoms with van der Waals surface area (Å²) in [6, 6.07) is 16.0. The smallest absolute Gasteiger partial charge is 0.241 e. The van der Waals surface area contributed by atoms with Crippen molar-refractivity contribution < 1.29 is 13.2 Å². The average molecular weight is 360 g/mol. The van der Waals surface area contributed by atoms with Gasteiger partial charge in [0.25, 0.3) is 0 Å². The maximum atomic E-state index is 12.4. The van der Waals surface area contributed by atoms with Crippen molar-refractivity contribution in [3.8, 4) is 0 Å². The molecule has 1 amide bonds. The Hall–Kier alpha value is -2.18. The van der Waals surface area contributed by atoms with Crippen LogP contribution in [0.5, 0.6) is 0 Å². The Balaban J connectivity index is 2.02. The van der Waals surface area contributed by atoms with Crippen molar-refractivity contribution in [3.63, 3.8) is 0 Å². The molecular weight excluding hydrogens is 336 g/mol. The molecular formula is C19H24N2O3S. The first kappa shape index (κ1) is 19.1. The first-order chi connectivity index (χ1) is 11.7. The van der Waals surface area contributed by atoms with Crippen LogP contribution in [0, 0.1) is 0 Å². The number of rotatable bonds is 6. The Labute approximate surface area is 149 Å². The largest absolute Gasteiger partial charge is 0.326 e. The lowest BCUT2D eigenvalue weighted by Crippen LogP contribution is -2.40. The highest BCUT2D eigenvalue weighted by Gasteiger charge is 2.22. The summed E-state index contributed by atoms with van der Waals surface area (Å²) in [5.41, 5.74) is 0.978. The van der Waals surface area contributed by atoms with E-state index in [9.17, 15) is 13.2 Å². The molecule has 0 heterocycles. The summed E-state index contributed by atoms with van der Waals surface area (Å²) < 4.78 is 27.3. The fourth-order valence-electron chi connectivity index (χ4n) is 2.33. The van der Waals surface area contributed by atoms with Gasteiger partial charge in [0.1, 0.15) is 0 Å². The summed E-state index contributed by atoms with van der Waals surface area (Å²) in [5.74, 6) is -0.151. The molecule has 0 radical (unpaired) electrons. The van der Waals surface area contributed by atoms with Crippen molar-refractivity contribution in [1.82, 2.24) is 4.72 Å². The van der Waals surface area contributed by atoms with Crippen LogP contribution >= 0.6 is 0 Å². The number of carbonyl (C=O) groups excluding carboxylic acids is 1. The van der Waals surface area contributed by atoms with Gasteiger partial charge in [0.15, 0.2) is 0 Å². The molecule has 0 bridgehead atoms. The van der Waals surface area contributed by atoms with Gasteiger partial charge in [-0.25, -0.2) is 13.1 Å². The number of amides is 1. The summed E-state index contributed by atoms with van der Waals surface area (Å²) in [6.07, 6.45) is 0.970. The predicted octanol–water partition coefficient (Wildman–Crippen LogP) is 3.33. The molecule has 0 aliphatic heterocycles. The Morgan fingerprint density at radius 2 is 1.68 bits per heavy atom. The lowest BCUT2D eigenvalue weighted by molar-refractivity contribution is -0.116. The summed E-state index contributed by atoms with van der Waals surface area (Å²) in [4.78, 5) is 12.2. The average Bonchev–Trinajstić information content (AvgIpc) is 2.52. The highest BCUT2D eigenvalue weighted by Crippen LogP contribution is 2.18. The molecule has 0 unspecified atom stereocenters. The number of aryl methyl sites for hydroxylation is 1. The second kappa shape index (κ2) is 7.80. The SMILES string of the molecule is CC(C)(C)NS(=O)(=O)c1cccc(NC(=O)CCc2ccccc2)c1. The Morgan fingerprint density at radius 1 is 1.00 bits per heavy atom. The van der Waals surface area contributed by atoms with Crippen LogP contribution in [-0.2, 0) is 21.2 Å². The van der Waals surface area contributed by atoms with E-state index < -0.39 is 15.6 Å². The fourth-order valence-corrected chi connectivity index (χ4v) is 3.79. The molecule has 0 saturated heterocycles. The lowest BCUT2D eigenvalue weighted by atomic mass is 10.1. The molecule has 2 aromatic carbocycles. The van der Waals surface area contributed by atoms with Crippen LogP contribution in [0.15, 0.2) is 59.5 Å². The molecule has 2 N–H and O–H groups in total. The molecule has 0 spiro atoms. The lowest BCUT2D eigenvalue weighted by Gasteiger charge is -2.20. The number of nitrogens with one attached hydrogen (secondary N) is 2. The number of carbonyl (C=O) groups is 1. The van der Waals surface area contributed by atoms with E-state index in [1.54, 1.807) is 32.9 Å². The van der Waals surface area contributed by atoms with E-state index >= 15 is 0 Å². The molecule has 0 atom stereocenters. The van der Waals surface area contributed by atoms with Crippen molar-refractivity contribution in [2.45, 2.75) is 44.0 Å². The first-order valence-corrected chi connectivity index (χ1v) is 9.62. The number of sulfonamides is 1. The monoisotopic (exact) mass is 360 g/mol. The minimum absolute atomic E-state index is 0.128. The molecule has 2 rings (SSSR count). The second-order valence-corrected chi connectivity index (χ2v) is 8.60. The van der Waals surface area contributed by atoms with Gasteiger partial charge in [0.2, 0.25) is 15.9 Å². The van der Waals surface area contributed by atoms with E-state index in [0.29, 0.717) is 18.5 Å². The molecule has 0 aliphatic rings. The fraction of sp³-hybridized carbons (Fsp3) is 0.316. The minimum atomic E-state index is -3.63. The van der Waals surface area contributed by atoms with Crippen LogP contribution < -0.4 is 10.0 Å². The third kappa shape index (κ3) is 6.32. The second-order valence-electron chi connectivity index (χ2n) is 6.92. The van der Waals surface area contributed by atoms with E-state index in [4.69, 9.17) is 0 Å². The first-order valence-electron chi connectivity index (χ1n) is 8.13. The number of anilines is 1. The zero-order valence-corrected chi connectivity index (χ0v) is 15.6. The van der Waals surface area contributed by atoms with Gasteiger partial charge in [-0.05, 0) is 51.0 Å². The van der Waals surface area contributed by atoms with Crippen LogP contribution in [-0.4, -0.2) is 19.9 Å². The van der Waals surface area contributed by atoms with E-state index in [2.05, 4.69) is 10.0 Å². The molecule has 6 heteroatoms. The Bertz CT molecular complexity index is 825. The molecule has 0 saturated carbocycles. The maximum absolute atomic E-state index is 12.4. The standard InChI is InChI=1S/C19H24N2O3S/c1-19(2,3)21-25(23,24)17-11-7-10-16(14-17)20-18(22)13-12-15-8-5-4-6-9-15/h4-11,14,21H,12-13H2,1-3H3,(H,20,22). The molecule has 25 heavy (non-hydrogen) atoms. The van der Waals surface area contributed by atoms with Gasteiger partial charge in [0, 0.05) is 17.6 Å². The molecule has 2 aromatic rings. The van der Waals surface area contributed by atoms with Crippen LogP contribution in [0.4, 0.5) is 5.69 Å². The number of benzene rings is 2. The Kier molecular flexibility index (Phi) is 5.98. The Morgan fingerprint density at radius 3 is 2.32 bits per heavy atom. The van der Waals surface area contributed by atoms with Crippen molar-refractivity contribution in [1.29, 1.82) is 0 Å². The van der Waals surface area contributed by atoms with E-state index in [-0.39, 0.29) is 10.8 Å². The summed E-state index contributed by atoms with van der Waals surface area (Å²) in [5, 5.41) is 2.76. The van der Waals surface area contributed by atoms with Crippen molar-refractivity contribution in [2.75, 3.05) is 5.32 Å². The van der Waals surface area contributed by atoms with Crippen LogP contribution in [0.1, 0.15) is 32.8 Å². The topological polar surface area (TPSA) is 75.3 Å². The van der Waals surface area contributed by atoms with Crippen molar-refractivity contribution >= 4 is 21.6 Å². The van der Waals surface area contributed by atoms with Gasteiger partial charge in [-0.3, -0.25) is 4.79 Å². The van der Waals surface area contributed by atoms with Crippen LogP contribution in [0.25, 0.3) is 0 Å². The maximum Gasteiger partial charge on any atom is 0.241 e. The minimum Gasteiger partial charge on any atom is -0.326 e. The van der Waals surface area contributed by atoms with Gasteiger partial charge in [-0.15, -0.1) is 0 Å². The highest BCUT2D eigenvalue weighted by atomic mass is 32.2. The molecule has 0 aliphatic carbocycles. The summed E-state index contributed by atoms with van der Waals surface area (Å²) >= 11 is 0. The van der Waals surface area contributed by atoms with E-state index in [0.717, 1.165) is 5.56 Å². The molecule has 0 fully saturated rings. The number of hydrogen-bond acceptors (Lipinski definition) is 3. The van der Waals surface area contributed by atoms with Gasteiger partial charge < -0.3 is 5.32 Å². The van der Waals surface area contributed by atoms with Gasteiger partial charge in [0.05, 0.1) is 4.90 Å². The van der Waals surface area contributed by atoms with E-state index in [1.165, 1.54) is 12.1 Å². The van der Waals surface area contributed by atoms with Crippen molar-refractivity contribution in [3.05, 3.63) is 60.2 Å². The predicted molar refractivity (Wildman–Crippen MR) is 99.9 cm³/mol.